The highest BCUT2D eigenvalue weighted by molar-refractivity contribution is 9.10. The van der Waals surface area contributed by atoms with Gasteiger partial charge in [0.05, 0.1) is 11.1 Å². The van der Waals surface area contributed by atoms with Gasteiger partial charge in [0.15, 0.2) is 17.2 Å². The SMILES string of the molecule is CCOc1cc(C=C2N=C(c3cccc4ccccc34)OC2=O)cc(Br)c1OCc1ccccc1F. The Labute approximate surface area is 216 Å². The quantitative estimate of drug-likeness (QED) is 0.184. The van der Waals surface area contributed by atoms with E-state index in [-0.39, 0.29) is 24.0 Å². The lowest BCUT2D eigenvalue weighted by Gasteiger charge is -2.15. The fraction of sp³-hybridized carbons (Fsp3) is 0.103. The van der Waals surface area contributed by atoms with Gasteiger partial charge >= 0.3 is 5.97 Å². The molecule has 0 N–H and O–H groups in total. The minimum atomic E-state index is -0.535. The Kier molecular flexibility index (Phi) is 6.82. The molecule has 0 spiro atoms. The number of cyclic esters (lactones) is 1. The fourth-order valence-corrected chi connectivity index (χ4v) is 4.51. The average molecular weight is 546 g/mol. The normalized spacial score (nSPS) is 14.1. The van der Waals surface area contributed by atoms with Crippen molar-refractivity contribution in [2.24, 2.45) is 4.99 Å². The van der Waals surface area contributed by atoms with E-state index in [4.69, 9.17) is 14.2 Å². The number of rotatable bonds is 7. The van der Waals surface area contributed by atoms with Crippen molar-refractivity contribution in [2.45, 2.75) is 13.5 Å². The van der Waals surface area contributed by atoms with E-state index >= 15 is 0 Å². The van der Waals surface area contributed by atoms with E-state index in [1.54, 1.807) is 36.4 Å². The molecule has 0 saturated carbocycles. The molecule has 0 amide bonds. The number of nitrogens with zero attached hydrogens (tertiary/aromatic N) is 1. The van der Waals surface area contributed by atoms with E-state index in [1.165, 1.54) is 6.07 Å². The van der Waals surface area contributed by atoms with Gasteiger partial charge in [-0.2, -0.15) is 0 Å². The second kappa shape index (κ2) is 10.3. The maximum atomic E-state index is 14.0. The van der Waals surface area contributed by atoms with E-state index < -0.39 is 5.97 Å². The number of hydrogen-bond acceptors (Lipinski definition) is 5. The first kappa shape index (κ1) is 23.8. The number of fused-ring (bicyclic) bond motifs is 1. The molecule has 0 saturated heterocycles. The Hall–Kier alpha value is -3.97. The maximum Gasteiger partial charge on any atom is 0.363 e. The highest BCUT2D eigenvalue weighted by Gasteiger charge is 2.25. The third kappa shape index (κ3) is 4.88. The lowest BCUT2D eigenvalue weighted by Crippen LogP contribution is -2.06. The standard InChI is InChI=1S/C29H21BrFNO4/c1-2-34-26-16-18(14-23(30)27(26)35-17-20-9-4-6-13-24(20)31)15-25-29(33)36-28(32-25)22-12-7-10-19-8-3-5-11-21(19)22/h3-16H,2,17H2,1H3. The van der Waals surface area contributed by atoms with Gasteiger partial charge in [-0.15, -0.1) is 0 Å². The van der Waals surface area contributed by atoms with Crippen LogP contribution in [0.4, 0.5) is 4.39 Å². The Bertz CT molecular complexity index is 1520. The fourth-order valence-electron chi connectivity index (χ4n) is 3.93. The molecule has 0 unspecified atom stereocenters. The van der Waals surface area contributed by atoms with Crippen LogP contribution in [0, 0.1) is 5.82 Å². The first-order valence-electron chi connectivity index (χ1n) is 11.4. The number of aliphatic imine (C=N–C) groups is 1. The third-order valence-electron chi connectivity index (χ3n) is 5.61. The van der Waals surface area contributed by atoms with Gasteiger partial charge in [0.2, 0.25) is 5.90 Å². The van der Waals surface area contributed by atoms with Gasteiger partial charge in [0, 0.05) is 11.1 Å². The second-order valence-electron chi connectivity index (χ2n) is 8.01. The predicted octanol–water partition coefficient (Wildman–Crippen LogP) is 7.06. The van der Waals surface area contributed by atoms with Crippen LogP contribution in [0.2, 0.25) is 0 Å². The van der Waals surface area contributed by atoms with Gasteiger partial charge in [-0.3, -0.25) is 0 Å². The topological polar surface area (TPSA) is 57.1 Å². The molecule has 7 heteroatoms. The van der Waals surface area contributed by atoms with Crippen LogP contribution in [-0.4, -0.2) is 18.5 Å². The molecule has 36 heavy (non-hydrogen) atoms. The van der Waals surface area contributed by atoms with Crippen molar-refractivity contribution in [3.63, 3.8) is 0 Å². The Balaban J connectivity index is 1.46. The van der Waals surface area contributed by atoms with E-state index in [0.29, 0.717) is 33.7 Å². The molecule has 4 aromatic carbocycles. The van der Waals surface area contributed by atoms with Gasteiger partial charge in [0.1, 0.15) is 12.4 Å². The monoisotopic (exact) mass is 545 g/mol. The minimum Gasteiger partial charge on any atom is -0.490 e. The summed E-state index contributed by atoms with van der Waals surface area (Å²) >= 11 is 3.52. The molecule has 0 aromatic heterocycles. The number of benzene rings is 4. The summed E-state index contributed by atoms with van der Waals surface area (Å²) in [4.78, 5) is 17.1. The van der Waals surface area contributed by atoms with Crippen LogP contribution in [-0.2, 0) is 16.1 Å². The van der Waals surface area contributed by atoms with Crippen molar-refractivity contribution in [3.05, 3.63) is 112 Å². The molecule has 5 nitrogen and oxygen atoms in total. The molecule has 1 aliphatic heterocycles. The summed E-state index contributed by atoms with van der Waals surface area (Å²) in [7, 11) is 0. The zero-order valence-electron chi connectivity index (χ0n) is 19.3. The summed E-state index contributed by atoms with van der Waals surface area (Å²) in [5.41, 5.74) is 2.02. The van der Waals surface area contributed by atoms with Crippen molar-refractivity contribution in [3.8, 4) is 11.5 Å². The van der Waals surface area contributed by atoms with Crippen LogP contribution >= 0.6 is 15.9 Å². The smallest absolute Gasteiger partial charge is 0.363 e. The molecule has 0 bridgehead atoms. The van der Waals surface area contributed by atoms with Crippen LogP contribution in [0.15, 0.2) is 94.0 Å². The van der Waals surface area contributed by atoms with Crippen molar-refractivity contribution in [1.29, 1.82) is 0 Å². The summed E-state index contributed by atoms with van der Waals surface area (Å²) in [6.07, 6.45) is 1.63. The van der Waals surface area contributed by atoms with Crippen LogP contribution in [0.5, 0.6) is 11.5 Å². The zero-order chi connectivity index (χ0) is 25.1. The van der Waals surface area contributed by atoms with Gasteiger partial charge in [-0.25, -0.2) is 14.2 Å². The van der Waals surface area contributed by atoms with E-state index in [2.05, 4.69) is 20.9 Å². The van der Waals surface area contributed by atoms with E-state index in [0.717, 1.165) is 16.3 Å². The van der Waals surface area contributed by atoms with Crippen molar-refractivity contribution in [1.82, 2.24) is 0 Å². The lowest BCUT2D eigenvalue weighted by molar-refractivity contribution is -0.129. The summed E-state index contributed by atoms with van der Waals surface area (Å²) in [5.74, 6) is 0.285. The first-order chi connectivity index (χ1) is 17.5. The van der Waals surface area contributed by atoms with Crippen molar-refractivity contribution in [2.75, 3.05) is 6.61 Å². The molecule has 0 fully saturated rings. The average Bonchev–Trinajstić information content (AvgIpc) is 3.24. The molecule has 0 aliphatic carbocycles. The molecular formula is C29H21BrFNO4. The summed E-state index contributed by atoms with van der Waals surface area (Å²) in [6, 6.07) is 23.6. The number of hydrogen-bond donors (Lipinski definition) is 0. The summed E-state index contributed by atoms with van der Waals surface area (Å²) in [5, 5.41) is 1.98. The Morgan fingerprint density at radius 3 is 2.61 bits per heavy atom. The molecular weight excluding hydrogens is 525 g/mol. The second-order valence-corrected chi connectivity index (χ2v) is 8.86. The number of halogens is 2. The third-order valence-corrected chi connectivity index (χ3v) is 6.19. The molecule has 1 aliphatic rings. The largest absolute Gasteiger partial charge is 0.490 e. The number of ether oxygens (including phenoxy) is 3. The van der Waals surface area contributed by atoms with Crippen LogP contribution < -0.4 is 9.47 Å². The zero-order valence-corrected chi connectivity index (χ0v) is 20.9. The highest BCUT2D eigenvalue weighted by Crippen LogP contribution is 2.38. The van der Waals surface area contributed by atoms with Gasteiger partial charge in [0.25, 0.3) is 0 Å². The highest BCUT2D eigenvalue weighted by atomic mass is 79.9. The van der Waals surface area contributed by atoms with Gasteiger partial charge in [-0.1, -0.05) is 54.6 Å². The molecule has 5 rings (SSSR count). The molecule has 0 atom stereocenters. The Morgan fingerprint density at radius 1 is 1.00 bits per heavy atom. The summed E-state index contributed by atoms with van der Waals surface area (Å²) < 4.78 is 31.8. The van der Waals surface area contributed by atoms with Gasteiger partial charge in [-0.05, 0) is 69.5 Å². The summed E-state index contributed by atoms with van der Waals surface area (Å²) in [6.45, 7) is 2.29. The van der Waals surface area contributed by atoms with Crippen molar-refractivity contribution < 1.29 is 23.4 Å². The van der Waals surface area contributed by atoms with E-state index in [1.807, 2.05) is 49.4 Å². The predicted molar refractivity (Wildman–Crippen MR) is 141 cm³/mol. The maximum absolute atomic E-state index is 14.0. The van der Waals surface area contributed by atoms with Crippen LogP contribution in [0.25, 0.3) is 16.8 Å². The number of esters is 1. The van der Waals surface area contributed by atoms with Crippen molar-refractivity contribution >= 4 is 44.6 Å². The number of carbonyl (C=O) groups excluding carboxylic acids is 1. The minimum absolute atomic E-state index is 0.0385. The molecule has 1 heterocycles. The van der Waals surface area contributed by atoms with E-state index in [9.17, 15) is 9.18 Å². The van der Waals surface area contributed by atoms with Gasteiger partial charge < -0.3 is 14.2 Å². The first-order valence-corrected chi connectivity index (χ1v) is 12.2. The Morgan fingerprint density at radius 2 is 1.78 bits per heavy atom. The van der Waals surface area contributed by atoms with Crippen LogP contribution in [0.1, 0.15) is 23.6 Å². The molecule has 180 valence electrons. The van der Waals surface area contributed by atoms with Crippen LogP contribution in [0.3, 0.4) is 0 Å². The lowest BCUT2D eigenvalue weighted by atomic mass is 10.0. The number of carbonyl (C=O) groups is 1. The molecule has 0 radical (unpaired) electrons. The molecule has 4 aromatic rings.